The number of pyridine rings is 1. The molecule has 1 aliphatic rings. The van der Waals surface area contributed by atoms with Gasteiger partial charge in [0.2, 0.25) is 10.0 Å². The predicted molar refractivity (Wildman–Crippen MR) is 93.0 cm³/mol. The Labute approximate surface area is 143 Å². The minimum absolute atomic E-state index is 0.139. The van der Waals surface area contributed by atoms with Crippen LogP contribution in [0.15, 0.2) is 54.9 Å². The van der Waals surface area contributed by atoms with Crippen LogP contribution in [0, 0.1) is 5.92 Å². The first-order valence-corrected chi connectivity index (χ1v) is 9.82. The molecule has 5 nitrogen and oxygen atoms in total. The molecule has 1 atom stereocenters. The van der Waals surface area contributed by atoms with Crippen LogP contribution in [0.2, 0.25) is 0 Å². The molecule has 0 radical (unpaired) electrons. The molecule has 1 fully saturated rings. The summed E-state index contributed by atoms with van der Waals surface area (Å²) in [6, 6.07) is 12.9. The van der Waals surface area contributed by atoms with Gasteiger partial charge in [0, 0.05) is 25.6 Å². The number of aromatic nitrogens is 1. The number of sulfonamides is 1. The van der Waals surface area contributed by atoms with E-state index >= 15 is 0 Å². The highest BCUT2D eigenvalue weighted by molar-refractivity contribution is 7.89. The molecule has 0 amide bonds. The van der Waals surface area contributed by atoms with Crippen LogP contribution in [0.1, 0.15) is 30.0 Å². The minimum atomic E-state index is -3.41. The molecule has 0 unspecified atom stereocenters. The Kier molecular flexibility index (Phi) is 5.60. The molecule has 3 rings (SSSR count). The van der Waals surface area contributed by atoms with Crippen LogP contribution in [-0.4, -0.2) is 32.4 Å². The molecule has 128 valence electrons. The summed E-state index contributed by atoms with van der Waals surface area (Å²) in [6.07, 6.45) is 4.98. The molecule has 0 aliphatic carbocycles. The van der Waals surface area contributed by atoms with Gasteiger partial charge in [-0.05, 0) is 36.0 Å². The number of nitrogens with one attached hydrogen (secondary N) is 1. The summed E-state index contributed by atoms with van der Waals surface area (Å²) in [5, 5.41) is 0. The Bertz CT molecular complexity index is 690. The molecule has 1 aromatic carbocycles. The normalized spacial score (nSPS) is 17.5. The van der Waals surface area contributed by atoms with Gasteiger partial charge in [-0.3, -0.25) is 4.98 Å². The third kappa shape index (κ3) is 4.63. The third-order valence-electron chi connectivity index (χ3n) is 4.24. The maximum Gasteiger partial charge on any atom is 0.212 e. The van der Waals surface area contributed by atoms with Gasteiger partial charge in [-0.15, -0.1) is 0 Å². The lowest BCUT2D eigenvalue weighted by molar-refractivity contribution is 0.0723. The molecule has 1 saturated heterocycles. The monoisotopic (exact) mass is 346 g/mol. The van der Waals surface area contributed by atoms with E-state index < -0.39 is 16.1 Å². The van der Waals surface area contributed by atoms with Gasteiger partial charge >= 0.3 is 0 Å². The smallest absolute Gasteiger partial charge is 0.212 e. The topological polar surface area (TPSA) is 68.3 Å². The van der Waals surface area contributed by atoms with Crippen molar-refractivity contribution >= 4 is 10.0 Å². The Morgan fingerprint density at radius 2 is 1.79 bits per heavy atom. The molecule has 2 aromatic rings. The highest BCUT2D eigenvalue weighted by atomic mass is 32.2. The summed E-state index contributed by atoms with van der Waals surface area (Å²) in [4.78, 5) is 4.13. The van der Waals surface area contributed by atoms with Gasteiger partial charge in [0.05, 0.1) is 11.8 Å². The van der Waals surface area contributed by atoms with Crippen LogP contribution in [0.5, 0.6) is 0 Å². The van der Waals surface area contributed by atoms with Crippen LogP contribution >= 0.6 is 0 Å². The molecule has 0 saturated carbocycles. The summed E-state index contributed by atoms with van der Waals surface area (Å²) in [5.41, 5.74) is 1.74. The van der Waals surface area contributed by atoms with Crippen molar-refractivity contribution in [2.45, 2.75) is 18.9 Å². The summed E-state index contributed by atoms with van der Waals surface area (Å²) in [7, 11) is -3.41. The summed E-state index contributed by atoms with van der Waals surface area (Å²) < 4.78 is 33.5. The van der Waals surface area contributed by atoms with E-state index in [1.807, 2.05) is 42.5 Å². The lowest BCUT2D eigenvalue weighted by atomic mass is 10.0. The predicted octanol–water partition coefficient (Wildman–Crippen LogP) is 2.52. The van der Waals surface area contributed by atoms with Crippen molar-refractivity contribution in [3.8, 4) is 0 Å². The number of hydrogen-bond acceptors (Lipinski definition) is 4. The Hall–Kier alpha value is -1.76. The summed E-state index contributed by atoms with van der Waals surface area (Å²) in [5.74, 6) is 0.293. The fraction of sp³-hybridized carbons (Fsp3) is 0.389. The lowest BCUT2D eigenvalue weighted by Gasteiger charge is -2.24. The van der Waals surface area contributed by atoms with Crippen molar-refractivity contribution < 1.29 is 13.2 Å². The summed E-state index contributed by atoms with van der Waals surface area (Å²) >= 11 is 0. The number of rotatable bonds is 6. The van der Waals surface area contributed by atoms with E-state index in [1.165, 1.54) is 0 Å². The number of ether oxygens (including phenoxy) is 1. The van der Waals surface area contributed by atoms with E-state index in [-0.39, 0.29) is 11.7 Å². The zero-order chi connectivity index (χ0) is 16.8. The standard InChI is InChI=1S/C18H22N2O3S/c21-24(22,14-15-8-11-23-12-9-15)20-18(16-5-2-1-3-6-16)17-7-4-10-19-13-17/h1-7,10,13,15,18,20H,8-9,11-12,14H2/t18-/m1/s1. The fourth-order valence-electron chi connectivity index (χ4n) is 2.97. The van der Waals surface area contributed by atoms with Crippen LogP contribution in [0.3, 0.4) is 0 Å². The van der Waals surface area contributed by atoms with E-state index in [4.69, 9.17) is 4.74 Å². The van der Waals surface area contributed by atoms with Crippen LogP contribution < -0.4 is 4.72 Å². The SMILES string of the molecule is O=S(=O)(CC1CCOCC1)N[C@H](c1ccccc1)c1cccnc1. The Morgan fingerprint density at radius 3 is 2.46 bits per heavy atom. The molecule has 24 heavy (non-hydrogen) atoms. The lowest BCUT2D eigenvalue weighted by Crippen LogP contribution is -2.35. The molecule has 2 heterocycles. The maximum atomic E-state index is 12.7. The zero-order valence-corrected chi connectivity index (χ0v) is 14.3. The highest BCUT2D eigenvalue weighted by Gasteiger charge is 2.25. The molecule has 1 N–H and O–H groups in total. The second-order valence-electron chi connectivity index (χ2n) is 6.09. The van der Waals surface area contributed by atoms with E-state index in [2.05, 4.69) is 9.71 Å². The Morgan fingerprint density at radius 1 is 1.08 bits per heavy atom. The van der Waals surface area contributed by atoms with Crippen molar-refractivity contribution in [1.29, 1.82) is 0 Å². The van der Waals surface area contributed by atoms with E-state index in [9.17, 15) is 8.42 Å². The van der Waals surface area contributed by atoms with Gasteiger partial charge in [0.25, 0.3) is 0 Å². The van der Waals surface area contributed by atoms with Crippen LogP contribution in [-0.2, 0) is 14.8 Å². The van der Waals surface area contributed by atoms with Crippen molar-refractivity contribution in [1.82, 2.24) is 9.71 Å². The molecule has 1 aliphatic heterocycles. The minimum Gasteiger partial charge on any atom is -0.381 e. The first-order valence-electron chi connectivity index (χ1n) is 8.17. The van der Waals surface area contributed by atoms with Crippen LogP contribution in [0.25, 0.3) is 0 Å². The Balaban J connectivity index is 1.81. The van der Waals surface area contributed by atoms with Gasteiger partial charge in [0.15, 0.2) is 0 Å². The molecule has 0 bridgehead atoms. The maximum absolute atomic E-state index is 12.7. The highest BCUT2D eigenvalue weighted by Crippen LogP contribution is 2.24. The van der Waals surface area contributed by atoms with E-state index in [0.717, 1.165) is 24.0 Å². The van der Waals surface area contributed by atoms with Gasteiger partial charge < -0.3 is 4.74 Å². The van der Waals surface area contributed by atoms with Gasteiger partial charge in [-0.2, -0.15) is 0 Å². The van der Waals surface area contributed by atoms with Crippen molar-refractivity contribution in [3.63, 3.8) is 0 Å². The zero-order valence-electron chi connectivity index (χ0n) is 13.5. The average Bonchev–Trinajstić information content (AvgIpc) is 2.62. The van der Waals surface area contributed by atoms with Crippen molar-refractivity contribution in [2.75, 3.05) is 19.0 Å². The summed E-state index contributed by atoms with van der Waals surface area (Å²) in [6.45, 7) is 1.29. The molecule has 0 spiro atoms. The largest absolute Gasteiger partial charge is 0.381 e. The molecular formula is C18H22N2O3S. The van der Waals surface area contributed by atoms with Gasteiger partial charge in [0.1, 0.15) is 0 Å². The van der Waals surface area contributed by atoms with Gasteiger partial charge in [-0.25, -0.2) is 13.1 Å². The number of benzene rings is 1. The third-order valence-corrected chi connectivity index (χ3v) is 5.75. The number of hydrogen-bond donors (Lipinski definition) is 1. The van der Waals surface area contributed by atoms with Crippen molar-refractivity contribution in [3.05, 3.63) is 66.0 Å². The first kappa shape index (κ1) is 17.1. The van der Waals surface area contributed by atoms with Crippen molar-refractivity contribution in [2.24, 2.45) is 5.92 Å². The second kappa shape index (κ2) is 7.88. The van der Waals surface area contributed by atoms with E-state index in [1.54, 1.807) is 12.4 Å². The second-order valence-corrected chi connectivity index (χ2v) is 7.88. The molecule has 1 aromatic heterocycles. The average molecular weight is 346 g/mol. The fourth-order valence-corrected chi connectivity index (χ4v) is 4.65. The van der Waals surface area contributed by atoms with E-state index in [0.29, 0.717) is 13.2 Å². The number of nitrogens with zero attached hydrogens (tertiary/aromatic N) is 1. The van der Waals surface area contributed by atoms with Gasteiger partial charge in [-0.1, -0.05) is 36.4 Å². The molecular weight excluding hydrogens is 324 g/mol. The quantitative estimate of drug-likeness (QED) is 0.873. The van der Waals surface area contributed by atoms with Crippen LogP contribution in [0.4, 0.5) is 0 Å². The molecule has 6 heteroatoms. The first-order chi connectivity index (χ1) is 11.6.